The van der Waals surface area contributed by atoms with Crippen molar-refractivity contribution in [2.24, 2.45) is 5.41 Å². The molecular formula is C27H33Cl2N3O3. The molecule has 35 heavy (non-hydrogen) atoms. The maximum absolute atomic E-state index is 13.5. The summed E-state index contributed by atoms with van der Waals surface area (Å²) in [5, 5.41) is 37.1. The smallest absolute Gasteiger partial charge is 0.237 e. The van der Waals surface area contributed by atoms with Gasteiger partial charge in [0, 0.05) is 28.5 Å². The minimum Gasteiger partial charge on any atom is -0.394 e. The molecule has 188 valence electrons. The van der Waals surface area contributed by atoms with Crippen molar-refractivity contribution in [1.29, 1.82) is 5.26 Å². The highest BCUT2D eigenvalue weighted by atomic mass is 35.5. The number of nitrogens with zero attached hydrogens (tertiary/aromatic N) is 1. The number of aliphatic hydroxyl groups excluding tert-OH is 2. The van der Waals surface area contributed by atoms with E-state index in [1.165, 1.54) is 0 Å². The van der Waals surface area contributed by atoms with E-state index in [4.69, 9.17) is 28.3 Å². The molecule has 1 saturated heterocycles. The molecule has 1 aliphatic rings. The minimum absolute atomic E-state index is 0.123. The molecule has 1 aliphatic heterocycles. The molecule has 1 amide bonds. The Labute approximate surface area is 217 Å². The average molecular weight is 518 g/mol. The third-order valence-electron chi connectivity index (χ3n) is 6.56. The SMILES string of the molecule is CC(C)(C)CC1NC(C(=O)NCC[C@@H](O)CO)C(c2cccc(Cl)c2)C1(C#N)c1ccc(Cl)cc1. The standard InChI is InChI=1S/C27H33Cl2N3O3/c1-26(2,3)14-22-27(16-30,18-7-9-19(28)10-8-18)23(17-5-4-6-20(29)13-17)24(32-22)25(35)31-12-11-21(34)15-33/h4-10,13,21-24,32-34H,11-12,14-15H2,1-3H3,(H,31,35)/t21-,22?,23?,24?,27?/m1/s1. The fraction of sp³-hybridized carbons (Fsp3) is 0.481. The molecule has 2 aromatic rings. The first-order valence-electron chi connectivity index (χ1n) is 11.8. The van der Waals surface area contributed by atoms with Crippen molar-refractivity contribution in [2.75, 3.05) is 13.2 Å². The van der Waals surface area contributed by atoms with Crippen molar-refractivity contribution in [3.63, 3.8) is 0 Å². The van der Waals surface area contributed by atoms with E-state index in [1.54, 1.807) is 18.2 Å². The van der Waals surface area contributed by atoms with Gasteiger partial charge in [0.1, 0.15) is 5.41 Å². The topological polar surface area (TPSA) is 105 Å². The quantitative estimate of drug-likeness (QED) is 0.420. The molecule has 0 saturated carbocycles. The number of carbonyl (C=O) groups excluding carboxylic acids is 1. The van der Waals surface area contributed by atoms with Crippen LogP contribution in [-0.2, 0) is 10.2 Å². The molecule has 8 heteroatoms. The zero-order valence-corrected chi connectivity index (χ0v) is 21.8. The van der Waals surface area contributed by atoms with Crippen LogP contribution < -0.4 is 10.6 Å². The van der Waals surface area contributed by atoms with Crippen molar-refractivity contribution in [3.8, 4) is 6.07 Å². The van der Waals surface area contributed by atoms with E-state index < -0.39 is 23.5 Å². The van der Waals surface area contributed by atoms with Gasteiger partial charge in [-0.25, -0.2) is 0 Å². The number of hydrogen-bond donors (Lipinski definition) is 4. The first-order valence-corrected chi connectivity index (χ1v) is 12.5. The summed E-state index contributed by atoms with van der Waals surface area (Å²) in [5.41, 5.74) is 0.368. The lowest BCUT2D eigenvalue weighted by atomic mass is 9.63. The summed E-state index contributed by atoms with van der Waals surface area (Å²) in [5.74, 6) is -0.812. The predicted molar refractivity (Wildman–Crippen MR) is 138 cm³/mol. The maximum atomic E-state index is 13.5. The van der Waals surface area contributed by atoms with Crippen LogP contribution in [0.5, 0.6) is 0 Å². The van der Waals surface area contributed by atoms with Crippen molar-refractivity contribution < 1.29 is 15.0 Å². The molecule has 0 radical (unpaired) electrons. The van der Waals surface area contributed by atoms with Crippen LogP contribution in [0.3, 0.4) is 0 Å². The van der Waals surface area contributed by atoms with Crippen LogP contribution in [0.4, 0.5) is 0 Å². The molecule has 2 aromatic carbocycles. The Bertz CT molecular complexity index is 1060. The van der Waals surface area contributed by atoms with Gasteiger partial charge in [0.05, 0.1) is 24.8 Å². The zero-order chi connectivity index (χ0) is 25.8. The normalized spacial score (nSPS) is 25.1. The average Bonchev–Trinajstić information content (AvgIpc) is 3.12. The summed E-state index contributed by atoms with van der Waals surface area (Å²) in [7, 11) is 0. The number of amides is 1. The molecular weight excluding hydrogens is 485 g/mol. The molecule has 0 aliphatic carbocycles. The Hall–Kier alpha value is -2.14. The van der Waals surface area contributed by atoms with Crippen LogP contribution in [0, 0.1) is 16.7 Å². The van der Waals surface area contributed by atoms with Gasteiger partial charge in [0.2, 0.25) is 5.91 Å². The lowest BCUT2D eigenvalue weighted by Crippen LogP contribution is -2.46. The fourth-order valence-corrected chi connectivity index (χ4v) is 5.35. The summed E-state index contributed by atoms with van der Waals surface area (Å²) >= 11 is 12.5. The number of aliphatic hydroxyl groups is 2. The van der Waals surface area contributed by atoms with Gasteiger partial charge in [-0.1, -0.05) is 68.2 Å². The van der Waals surface area contributed by atoms with E-state index >= 15 is 0 Å². The second-order valence-corrected chi connectivity index (χ2v) is 11.3. The highest BCUT2D eigenvalue weighted by Crippen LogP contribution is 2.51. The number of halogens is 2. The fourth-order valence-electron chi connectivity index (χ4n) is 5.02. The van der Waals surface area contributed by atoms with Crippen LogP contribution in [0.1, 0.15) is 50.7 Å². The van der Waals surface area contributed by atoms with E-state index in [0.29, 0.717) is 16.5 Å². The lowest BCUT2D eigenvalue weighted by molar-refractivity contribution is -0.123. The number of carbonyl (C=O) groups is 1. The number of hydrogen-bond acceptors (Lipinski definition) is 5. The van der Waals surface area contributed by atoms with Gasteiger partial charge in [-0.15, -0.1) is 0 Å². The van der Waals surface area contributed by atoms with Crippen molar-refractivity contribution in [3.05, 3.63) is 69.7 Å². The molecule has 3 rings (SSSR count). The molecule has 4 unspecified atom stereocenters. The highest BCUT2D eigenvalue weighted by Gasteiger charge is 2.59. The predicted octanol–water partition coefficient (Wildman–Crippen LogP) is 4.17. The molecule has 1 fully saturated rings. The van der Waals surface area contributed by atoms with Gasteiger partial charge in [0.15, 0.2) is 0 Å². The van der Waals surface area contributed by atoms with E-state index in [-0.39, 0.29) is 36.9 Å². The molecule has 0 bridgehead atoms. The van der Waals surface area contributed by atoms with Crippen molar-refractivity contribution in [2.45, 2.75) is 63.1 Å². The third-order valence-corrected chi connectivity index (χ3v) is 7.04. The highest BCUT2D eigenvalue weighted by molar-refractivity contribution is 6.30. The third kappa shape index (κ3) is 6.17. The Morgan fingerprint density at radius 1 is 1.20 bits per heavy atom. The minimum atomic E-state index is -1.07. The molecule has 5 atom stereocenters. The van der Waals surface area contributed by atoms with Crippen molar-refractivity contribution >= 4 is 29.1 Å². The Kier molecular flexibility index (Phi) is 8.85. The van der Waals surface area contributed by atoms with Crippen LogP contribution in [-0.4, -0.2) is 47.5 Å². The van der Waals surface area contributed by atoms with Gasteiger partial charge >= 0.3 is 0 Å². The molecule has 6 nitrogen and oxygen atoms in total. The van der Waals surface area contributed by atoms with Crippen molar-refractivity contribution in [1.82, 2.24) is 10.6 Å². The summed E-state index contributed by atoms with van der Waals surface area (Å²) < 4.78 is 0. The molecule has 4 N–H and O–H groups in total. The van der Waals surface area contributed by atoms with E-state index in [9.17, 15) is 15.2 Å². The van der Waals surface area contributed by atoms with Crippen LogP contribution >= 0.6 is 23.2 Å². The van der Waals surface area contributed by atoms with E-state index in [1.807, 2.05) is 30.3 Å². The first-order chi connectivity index (χ1) is 16.5. The monoisotopic (exact) mass is 517 g/mol. The van der Waals surface area contributed by atoms with Gasteiger partial charge in [-0.3, -0.25) is 4.79 Å². The van der Waals surface area contributed by atoms with Gasteiger partial charge < -0.3 is 20.8 Å². The van der Waals surface area contributed by atoms with Crippen LogP contribution in [0.2, 0.25) is 10.0 Å². The van der Waals surface area contributed by atoms with E-state index in [0.717, 1.165) is 11.1 Å². The van der Waals surface area contributed by atoms with Crippen LogP contribution in [0.15, 0.2) is 48.5 Å². The first kappa shape index (κ1) is 27.4. The van der Waals surface area contributed by atoms with Gasteiger partial charge in [-0.2, -0.15) is 5.26 Å². The summed E-state index contributed by atoms with van der Waals surface area (Å²) in [4.78, 5) is 13.5. The molecule has 0 spiro atoms. The Morgan fingerprint density at radius 3 is 2.46 bits per heavy atom. The summed E-state index contributed by atoms with van der Waals surface area (Å²) in [6, 6.07) is 16.1. The van der Waals surface area contributed by atoms with Crippen LogP contribution in [0.25, 0.3) is 0 Å². The van der Waals surface area contributed by atoms with E-state index in [2.05, 4.69) is 37.5 Å². The number of rotatable bonds is 8. The van der Waals surface area contributed by atoms with Gasteiger partial charge in [-0.05, 0) is 53.6 Å². The number of nitriles is 1. The number of nitrogens with one attached hydrogen (secondary N) is 2. The Morgan fingerprint density at radius 2 is 1.89 bits per heavy atom. The summed E-state index contributed by atoms with van der Waals surface area (Å²) in [6.07, 6.45) is -0.0350. The summed E-state index contributed by atoms with van der Waals surface area (Å²) in [6.45, 7) is 6.15. The lowest BCUT2D eigenvalue weighted by Gasteiger charge is -2.37. The Balaban J connectivity index is 2.14. The largest absolute Gasteiger partial charge is 0.394 e. The molecule has 1 heterocycles. The van der Waals surface area contributed by atoms with Gasteiger partial charge in [0.25, 0.3) is 0 Å². The number of benzene rings is 2. The second kappa shape index (κ2) is 11.3. The second-order valence-electron chi connectivity index (χ2n) is 10.4. The zero-order valence-electron chi connectivity index (χ0n) is 20.3. The maximum Gasteiger partial charge on any atom is 0.237 e. The molecule has 0 aromatic heterocycles.